The van der Waals surface area contributed by atoms with Crippen molar-refractivity contribution in [3.63, 3.8) is 0 Å². The minimum Gasteiger partial charge on any atom is -0.493 e. The van der Waals surface area contributed by atoms with E-state index in [0.29, 0.717) is 28.6 Å². The Bertz CT molecular complexity index is 1190. The van der Waals surface area contributed by atoms with Crippen LogP contribution in [0.4, 0.5) is 5.69 Å². The van der Waals surface area contributed by atoms with Crippen molar-refractivity contribution >= 4 is 17.5 Å². The fourth-order valence-corrected chi connectivity index (χ4v) is 4.06. The normalized spacial score (nSPS) is 17.8. The number of aryl methyl sites for hydroxylation is 1. The molecule has 10 nitrogen and oxygen atoms in total. The van der Waals surface area contributed by atoms with E-state index in [0.717, 1.165) is 5.56 Å². The Morgan fingerprint density at radius 2 is 1.91 bits per heavy atom. The van der Waals surface area contributed by atoms with Crippen LogP contribution in [0, 0.1) is 0 Å². The van der Waals surface area contributed by atoms with Gasteiger partial charge in [-0.2, -0.15) is 0 Å². The van der Waals surface area contributed by atoms with Crippen LogP contribution in [0.2, 0.25) is 0 Å². The Hall–Kier alpha value is -3.89. The molecule has 2 atom stereocenters. The molecule has 2 aromatic carbocycles. The first kappa shape index (κ1) is 24.2. The lowest BCUT2D eigenvalue weighted by Crippen LogP contribution is -2.52. The standard InChI is InChI=1S/C25H28N4O6/c1-28-11-10-26-22(28)13-29-19(14-30)24(35-15-23(29)31)16-4-7-18(8-5-16)27-25(32)17-6-9-20(33-2)21(12-17)34-3/h4-12,19,24,30H,13-15H2,1-3H3,(H,27,32). The molecule has 2 N–H and O–H groups in total. The predicted molar refractivity (Wildman–Crippen MR) is 127 cm³/mol. The Kier molecular flexibility index (Phi) is 7.33. The van der Waals surface area contributed by atoms with Gasteiger partial charge in [-0.3, -0.25) is 9.59 Å². The van der Waals surface area contributed by atoms with Crippen molar-refractivity contribution in [3.05, 3.63) is 71.8 Å². The molecule has 2 amide bonds. The van der Waals surface area contributed by atoms with Gasteiger partial charge in [-0.1, -0.05) is 12.1 Å². The number of aliphatic hydroxyl groups excluding tert-OH is 1. The van der Waals surface area contributed by atoms with Crippen LogP contribution in [0.5, 0.6) is 11.5 Å². The summed E-state index contributed by atoms with van der Waals surface area (Å²) in [6.07, 6.45) is 2.95. The fourth-order valence-electron chi connectivity index (χ4n) is 4.06. The van der Waals surface area contributed by atoms with Crippen molar-refractivity contribution in [2.24, 2.45) is 7.05 Å². The number of amides is 2. The van der Waals surface area contributed by atoms with Crippen molar-refractivity contribution in [2.75, 3.05) is 32.8 Å². The lowest BCUT2D eigenvalue weighted by molar-refractivity contribution is -0.162. The molecule has 0 saturated carbocycles. The van der Waals surface area contributed by atoms with Crippen LogP contribution in [-0.4, -0.2) is 64.8 Å². The predicted octanol–water partition coefficient (Wildman–Crippen LogP) is 2.15. The first-order chi connectivity index (χ1) is 16.9. The number of methoxy groups -OCH3 is 2. The molecule has 1 aliphatic rings. The number of nitrogens with zero attached hydrogens (tertiary/aromatic N) is 3. The largest absolute Gasteiger partial charge is 0.493 e. The second-order valence-corrected chi connectivity index (χ2v) is 8.10. The average Bonchev–Trinajstić information content (AvgIpc) is 3.29. The van der Waals surface area contributed by atoms with Gasteiger partial charge in [0, 0.05) is 30.7 Å². The summed E-state index contributed by atoms with van der Waals surface area (Å²) in [7, 11) is 4.90. The summed E-state index contributed by atoms with van der Waals surface area (Å²) in [5.74, 6) is 1.21. The molecular weight excluding hydrogens is 452 g/mol. The van der Waals surface area contributed by atoms with Crippen LogP contribution >= 0.6 is 0 Å². The van der Waals surface area contributed by atoms with Crippen molar-refractivity contribution in [2.45, 2.75) is 18.7 Å². The lowest BCUT2D eigenvalue weighted by Gasteiger charge is -2.40. The van der Waals surface area contributed by atoms with Crippen molar-refractivity contribution in [1.82, 2.24) is 14.5 Å². The van der Waals surface area contributed by atoms with E-state index in [1.165, 1.54) is 14.2 Å². The molecule has 2 unspecified atom stereocenters. The number of aromatic nitrogens is 2. The molecular formula is C25H28N4O6. The number of carbonyl (C=O) groups is 2. The number of morpholine rings is 1. The summed E-state index contributed by atoms with van der Waals surface area (Å²) in [6.45, 7) is -0.0884. The van der Waals surface area contributed by atoms with Crippen molar-refractivity contribution < 1.29 is 28.9 Å². The highest BCUT2D eigenvalue weighted by atomic mass is 16.5. The van der Waals surface area contributed by atoms with Crippen LogP contribution in [0.3, 0.4) is 0 Å². The molecule has 0 radical (unpaired) electrons. The molecule has 1 fully saturated rings. The first-order valence-corrected chi connectivity index (χ1v) is 11.1. The third-order valence-corrected chi connectivity index (χ3v) is 6.02. The van der Waals surface area contributed by atoms with Gasteiger partial charge >= 0.3 is 0 Å². The Morgan fingerprint density at radius 3 is 2.54 bits per heavy atom. The highest BCUT2D eigenvalue weighted by Crippen LogP contribution is 2.31. The number of rotatable bonds is 8. The first-order valence-electron chi connectivity index (χ1n) is 11.1. The lowest BCUT2D eigenvalue weighted by atomic mass is 9.99. The molecule has 0 aliphatic carbocycles. The minimum atomic E-state index is -0.569. The van der Waals surface area contributed by atoms with E-state index in [2.05, 4.69) is 10.3 Å². The van der Waals surface area contributed by atoms with E-state index in [1.54, 1.807) is 47.6 Å². The fraction of sp³-hybridized carbons (Fsp3) is 0.320. The molecule has 2 heterocycles. The number of benzene rings is 2. The number of nitrogens with one attached hydrogen (secondary N) is 1. The second-order valence-electron chi connectivity index (χ2n) is 8.10. The van der Waals surface area contributed by atoms with Gasteiger partial charge < -0.3 is 34.1 Å². The molecule has 184 valence electrons. The number of aliphatic hydroxyl groups is 1. The van der Waals surface area contributed by atoms with Gasteiger partial charge in [-0.15, -0.1) is 0 Å². The Labute approximate surface area is 203 Å². The molecule has 4 rings (SSSR count). The number of hydrogen-bond donors (Lipinski definition) is 2. The van der Waals surface area contributed by atoms with E-state index in [-0.39, 0.29) is 31.6 Å². The van der Waals surface area contributed by atoms with Gasteiger partial charge in [0.05, 0.1) is 33.4 Å². The Morgan fingerprint density at radius 1 is 1.17 bits per heavy atom. The van der Waals surface area contributed by atoms with E-state index in [9.17, 15) is 14.7 Å². The minimum absolute atomic E-state index is 0.0939. The maximum atomic E-state index is 12.7. The van der Waals surface area contributed by atoms with Gasteiger partial charge in [0.15, 0.2) is 11.5 Å². The van der Waals surface area contributed by atoms with Gasteiger partial charge in [-0.05, 0) is 35.9 Å². The molecule has 35 heavy (non-hydrogen) atoms. The highest BCUT2D eigenvalue weighted by Gasteiger charge is 2.37. The third kappa shape index (κ3) is 5.13. The van der Waals surface area contributed by atoms with E-state index in [4.69, 9.17) is 14.2 Å². The topological polar surface area (TPSA) is 115 Å². The summed E-state index contributed by atoms with van der Waals surface area (Å²) in [4.78, 5) is 31.2. The van der Waals surface area contributed by atoms with Gasteiger partial charge in [0.1, 0.15) is 18.5 Å². The zero-order valence-corrected chi connectivity index (χ0v) is 19.8. The zero-order valence-electron chi connectivity index (χ0n) is 19.8. The molecule has 0 bridgehead atoms. The third-order valence-electron chi connectivity index (χ3n) is 6.02. The summed E-state index contributed by atoms with van der Waals surface area (Å²) in [6, 6.07) is 11.5. The highest BCUT2D eigenvalue weighted by molar-refractivity contribution is 6.04. The van der Waals surface area contributed by atoms with E-state index in [1.807, 2.05) is 23.7 Å². The zero-order chi connectivity index (χ0) is 24.9. The molecule has 1 aromatic heterocycles. The number of anilines is 1. The number of carbonyl (C=O) groups excluding carboxylic acids is 2. The number of imidazole rings is 1. The number of ether oxygens (including phenoxy) is 3. The molecule has 10 heteroatoms. The van der Waals surface area contributed by atoms with Crippen LogP contribution in [0.1, 0.15) is 27.8 Å². The summed E-state index contributed by atoms with van der Waals surface area (Å²) < 4.78 is 18.1. The maximum absolute atomic E-state index is 12.7. The van der Waals surface area contributed by atoms with E-state index >= 15 is 0 Å². The SMILES string of the molecule is COc1ccc(C(=O)Nc2ccc(C3OCC(=O)N(Cc4nccn4C)C3CO)cc2)cc1OC. The second kappa shape index (κ2) is 10.6. The summed E-state index contributed by atoms with van der Waals surface area (Å²) >= 11 is 0. The monoisotopic (exact) mass is 480 g/mol. The quantitative estimate of drug-likeness (QED) is 0.508. The molecule has 1 saturated heterocycles. The van der Waals surface area contributed by atoms with Crippen LogP contribution in [0.25, 0.3) is 0 Å². The molecule has 3 aromatic rings. The van der Waals surface area contributed by atoms with Gasteiger partial charge in [0.2, 0.25) is 5.91 Å². The maximum Gasteiger partial charge on any atom is 0.255 e. The van der Waals surface area contributed by atoms with Crippen LogP contribution < -0.4 is 14.8 Å². The van der Waals surface area contributed by atoms with E-state index < -0.39 is 12.1 Å². The number of hydrogen-bond acceptors (Lipinski definition) is 7. The van der Waals surface area contributed by atoms with Crippen LogP contribution in [0.15, 0.2) is 54.9 Å². The van der Waals surface area contributed by atoms with Crippen molar-refractivity contribution in [3.8, 4) is 11.5 Å². The van der Waals surface area contributed by atoms with Crippen molar-refractivity contribution in [1.29, 1.82) is 0 Å². The average molecular weight is 481 g/mol. The smallest absolute Gasteiger partial charge is 0.255 e. The molecule has 0 spiro atoms. The van der Waals surface area contributed by atoms with Gasteiger partial charge in [-0.25, -0.2) is 4.98 Å². The molecule has 1 aliphatic heterocycles. The van der Waals surface area contributed by atoms with Crippen LogP contribution in [-0.2, 0) is 23.1 Å². The van der Waals surface area contributed by atoms with Gasteiger partial charge in [0.25, 0.3) is 5.91 Å². The Balaban J connectivity index is 1.48. The summed E-state index contributed by atoms with van der Waals surface area (Å²) in [5, 5.41) is 13.0. The summed E-state index contributed by atoms with van der Waals surface area (Å²) in [5.41, 5.74) is 1.79.